The van der Waals surface area contributed by atoms with Crippen molar-refractivity contribution in [3.05, 3.63) is 106 Å². The second kappa shape index (κ2) is 21.5. The van der Waals surface area contributed by atoms with Crippen LogP contribution >= 0.6 is 0 Å². The number of hydrogen-bond donors (Lipinski definition) is 4. The number of rotatable bonds is 10. The minimum Gasteiger partial charge on any atom is -0.444 e. The highest BCUT2D eigenvalue weighted by atomic mass is 16.6. The number of anilines is 2. The second-order valence-electron chi connectivity index (χ2n) is 21.8. The molecule has 9 rings (SSSR count). The minimum absolute atomic E-state index is 0.0898. The summed E-state index contributed by atoms with van der Waals surface area (Å²) in [6.45, 7) is 16.3. The highest BCUT2D eigenvalue weighted by Crippen LogP contribution is 2.33. The summed E-state index contributed by atoms with van der Waals surface area (Å²) < 4.78 is 8.58. The molecule has 5 heterocycles. The van der Waals surface area contributed by atoms with Crippen LogP contribution in [-0.2, 0) is 25.7 Å². The maximum Gasteiger partial charge on any atom is 0.412 e. The van der Waals surface area contributed by atoms with Crippen LogP contribution in [0.15, 0.2) is 77.6 Å². The SMILES string of the molecule is CCn1c(=O)n(C2CCC(=O)NC2=O)c2ccc(N3CCC(C(=O)N4CCC(O)(CN5CCC(C#Cc6ccc([C@@H](C)NC(=O)c7cc(NC(=O)OC(C)(C)C)ccc7C)c7ccccc67)CC5)CC4)CC3)cc21. The van der Waals surface area contributed by atoms with Gasteiger partial charge in [0.25, 0.3) is 5.91 Å². The average molecular weight is 1010 g/mol. The van der Waals surface area contributed by atoms with E-state index in [2.05, 4.69) is 49.7 Å². The van der Waals surface area contributed by atoms with Gasteiger partial charge in [0, 0.05) is 80.0 Å². The molecule has 4 N–H and O–H groups in total. The summed E-state index contributed by atoms with van der Waals surface area (Å²) in [6, 6.07) is 22.3. The number of likely N-dealkylation sites (tertiary alicyclic amines) is 2. The maximum absolute atomic E-state index is 13.9. The van der Waals surface area contributed by atoms with Gasteiger partial charge in [-0.1, -0.05) is 48.2 Å². The summed E-state index contributed by atoms with van der Waals surface area (Å²) in [5.74, 6) is 6.33. The number of aryl methyl sites for hydroxylation is 2. The van der Waals surface area contributed by atoms with Crippen molar-refractivity contribution < 1.29 is 33.8 Å². The number of ether oxygens (including phenoxy) is 1. The van der Waals surface area contributed by atoms with Gasteiger partial charge < -0.3 is 29.9 Å². The number of amides is 5. The number of piperidine rings is 4. The molecule has 4 fully saturated rings. The Morgan fingerprint density at radius 3 is 2.27 bits per heavy atom. The molecule has 2 atom stereocenters. The van der Waals surface area contributed by atoms with Gasteiger partial charge in [-0.25, -0.2) is 9.59 Å². The van der Waals surface area contributed by atoms with Crippen molar-refractivity contribution in [1.29, 1.82) is 0 Å². The quantitative estimate of drug-likeness (QED) is 0.0810. The van der Waals surface area contributed by atoms with Crippen molar-refractivity contribution >= 4 is 62.9 Å². The van der Waals surface area contributed by atoms with E-state index < -0.39 is 29.2 Å². The summed E-state index contributed by atoms with van der Waals surface area (Å²) in [5, 5.41) is 22.1. The van der Waals surface area contributed by atoms with Crippen LogP contribution in [0.4, 0.5) is 16.2 Å². The largest absolute Gasteiger partial charge is 0.444 e. The summed E-state index contributed by atoms with van der Waals surface area (Å²) in [4.78, 5) is 84.5. The highest BCUT2D eigenvalue weighted by molar-refractivity contribution is 6.00. The van der Waals surface area contributed by atoms with Crippen molar-refractivity contribution in [1.82, 2.24) is 29.6 Å². The van der Waals surface area contributed by atoms with E-state index in [0.717, 1.165) is 64.6 Å². The fourth-order valence-electron chi connectivity index (χ4n) is 11.3. The van der Waals surface area contributed by atoms with Crippen LogP contribution in [0.3, 0.4) is 0 Å². The number of benzene rings is 4. The molecule has 1 aromatic heterocycles. The Kier molecular flexibility index (Phi) is 15.1. The minimum atomic E-state index is -0.854. The Morgan fingerprint density at radius 2 is 1.58 bits per heavy atom. The molecule has 5 aromatic rings. The van der Waals surface area contributed by atoms with Crippen LogP contribution < -0.4 is 26.5 Å². The third kappa shape index (κ3) is 11.4. The molecule has 4 saturated heterocycles. The third-order valence-electron chi connectivity index (χ3n) is 15.4. The van der Waals surface area contributed by atoms with E-state index in [1.165, 1.54) is 4.57 Å². The monoisotopic (exact) mass is 1010 g/mol. The molecule has 4 aliphatic heterocycles. The summed E-state index contributed by atoms with van der Waals surface area (Å²) in [7, 11) is 0. The summed E-state index contributed by atoms with van der Waals surface area (Å²) >= 11 is 0. The maximum atomic E-state index is 13.9. The predicted molar refractivity (Wildman–Crippen MR) is 286 cm³/mol. The predicted octanol–water partition coefficient (Wildman–Crippen LogP) is 7.43. The first-order valence-electron chi connectivity index (χ1n) is 26.4. The molecule has 4 aromatic carbocycles. The number of imide groups is 1. The number of imidazole rings is 1. The van der Waals surface area contributed by atoms with Crippen molar-refractivity contribution in [2.24, 2.45) is 11.8 Å². The van der Waals surface area contributed by atoms with Crippen LogP contribution in [0.2, 0.25) is 0 Å². The second-order valence-corrected chi connectivity index (χ2v) is 21.8. The molecular formula is C58H70N8O8. The van der Waals surface area contributed by atoms with Crippen LogP contribution in [0.25, 0.3) is 21.8 Å². The molecule has 0 bridgehead atoms. The number of hydrogen-bond acceptors (Lipinski definition) is 10. The van der Waals surface area contributed by atoms with E-state index in [9.17, 15) is 33.9 Å². The number of aliphatic hydroxyl groups is 1. The van der Waals surface area contributed by atoms with Crippen molar-refractivity contribution in [2.45, 2.75) is 123 Å². The zero-order valence-corrected chi connectivity index (χ0v) is 43.6. The van der Waals surface area contributed by atoms with Crippen molar-refractivity contribution in [3.63, 3.8) is 0 Å². The molecule has 0 saturated carbocycles. The molecular weight excluding hydrogens is 937 g/mol. The average Bonchev–Trinajstić information content (AvgIpc) is 3.65. The van der Waals surface area contributed by atoms with E-state index in [0.29, 0.717) is 81.7 Å². The van der Waals surface area contributed by atoms with Gasteiger partial charge in [-0.2, -0.15) is 0 Å². The third-order valence-corrected chi connectivity index (χ3v) is 15.4. The van der Waals surface area contributed by atoms with Gasteiger partial charge in [0.15, 0.2) is 0 Å². The lowest BCUT2D eigenvalue weighted by Crippen LogP contribution is -2.54. The Balaban J connectivity index is 0.742. The lowest BCUT2D eigenvalue weighted by Gasteiger charge is -2.43. The molecule has 390 valence electrons. The Labute approximate surface area is 432 Å². The summed E-state index contributed by atoms with van der Waals surface area (Å²) in [6.07, 6.45) is 4.20. The van der Waals surface area contributed by atoms with Gasteiger partial charge in [0.1, 0.15) is 11.6 Å². The topological polar surface area (TPSA) is 188 Å². The van der Waals surface area contributed by atoms with Gasteiger partial charge in [-0.15, -0.1) is 0 Å². The molecule has 0 radical (unpaired) electrons. The number of carbonyl (C=O) groups is 5. The van der Waals surface area contributed by atoms with Crippen molar-refractivity contribution in [3.8, 4) is 11.8 Å². The van der Waals surface area contributed by atoms with Gasteiger partial charge in [-0.05, 0) is 158 Å². The zero-order valence-electron chi connectivity index (χ0n) is 43.6. The lowest BCUT2D eigenvalue weighted by molar-refractivity contribution is -0.141. The Morgan fingerprint density at radius 1 is 0.865 bits per heavy atom. The number of nitrogens with one attached hydrogen (secondary N) is 3. The number of nitrogens with zero attached hydrogens (tertiary/aromatic N) is 5. The van der Waals surface area contributed by atoms with Gasteiger partial charge in [0.05, 0.1) is 22.7 Å². The molecule has 5 amide bonds. The smallest absolute Gasteiger partial charge is 0.412 e. The van der Waals surface area contributed by atoms with Crippen LogP contribution in [0.1, 0.15) is 125 Å². The van der Waals surface area contributed by atoms with Gasteiger partial charge in [0.2, 0.25) is 17.7 Å². The standard InChI is InChI=1S/C58H70N8O8/c1-7-65-50-35-43(17-19-48(50)66(56(65)72)49-20-21-51(67)61-53(49)69)63-30-24-41(25-31-63)54(70)64-32-26-58(73,27-33-64)36-62-28-22-39(23-29-62)13-14-40-15-18-44(46-11-9-8-10-45(40)46)38(3)59-52(68)47-34-42(16-12-37(47)2)60-55(71)74-57(4,5)6/h8-12,15-19,34-35,38-39,41,49,73H,7,20-33,36H2,1-6H3,(H,59,68)(H,60,71)(H,61,67,69)/t38-,49?/m1/s1. The number of β-amino-alcohol motifs (C(OH)–C–C–N with tert-alkyl or cyclic N) is 1. The molecule has 0 aliphatic carbocycles. The fourth-order valence-corrected chi connectivity index (χ4v) is 11.3. The first-order chi connectivity index (χ1) is 35.4. The van der Waals surface area contributed by atoms with Gasteiger partial charge in [-0.3, -0.25) is 38.9 Å². The highest BCUT2D eigenvalue weighted by Gasteiger charge is 2.39. The number of aromatic nitrogens is 2. The molecule has 4 aliphatic rings. The van der Waals surface area contributed by atoms with Gasteiger partial charge >= 0.3 is 11.8 Å². The zero-order chi connectivity index (χ0) is 52.5. The van der Waals surface area contributed by atoms with Crippen molar-refractivity contribution in [2.75, 3.05) is 56.0 Å². The molecule has 16 heteroatoms. The Bertz CT molecular complexity index is 3100. The van der Waals surface area contributed by atoms with E-state index in [-0.39, 0.29) is 54.1 Å². The first kappa shape index (κ1) is 51.9. The van der Waals surface area contributed by atoms with E-state index >= 15 is 0 Å². The number of carbonyl (C=O) groups excluding carboxylic acids is 5. The Hall–Kier alpha value is -6.96. The molecule has 16 nitrogen and oxygen atoms in total. The van der Waals surface area contributed by atoms with E-state index in [4.69, 9.17) is 4.74 Å². The number of fused-ring (bicyclic) bond motifs is 2. The fraction of sp³-hybridized carbons (Fsp3) is 0.483. The normalized spacial score (nSPS) is 19.4. The van der Waals surface area contributed by atoms with Crippen LogP contribution in [-0.4, -0.2) is 111 Å². The first-order valence-corrected chi connectivity index (χ1v) is 26.4. The van der Waals surface area contributed by atoms with Crippen LogP contribution in [0, 0.1) is 30.6 Å². The summed E-state index contributed by atoms with van der Waals surface area (Å²) in [5.41, 5.74) is 4.23. The van der Waals surface area contributed by atoms with E-state index in [1.807, 2.05) is 68.1 Å². The lowest BCUT2D eigenvalue weighted by atomic mass is 9.87. The van der Waals surface area contributed by atoms with E-state index in [1.54, 1.807) is 43.5 Å². The van der Waals surface area contributed by atoms with Crippen LogP contribution in [0.5, 0.6) is 0 Å². The molecule has 1 unspecified atom stereocenters. The molecule has 74 heavy (non-hydrogen) atoms. The molecule has 0 spiro atoms.